The van der Waals surface area contributed by atoms with Gasteiger partial charge in [-0.1, -0.05) is 50.3 Å². The minimum Gasteiger partial charge on any atom is -0.324 e. The van der Waals surface area contributed by atoms with Crippen molar-refractivity contribution in [1.82, 2.24) is 15.0 Å². The molecule has 0 aliphatic rings. The first kappa shape index (κ1) is 17.8. The molecule has 1 heterocycles. The van der Waals surface area contributed by atoms with E-state index in [1.54, 1.807) is 24.3 Å². The maximum Gasteiger partial charge on any atom is 0.278 e. The van der Waals surface area contributed by atoms with Crippen LogP contribution < -0.4 is 10.9 Å². The lowest BCUT2D eigenvalue weighted by molar-refractivity contribution is -0.119. The van der Waals surface area contributed by atoms with E-state index < -0.39 is 6.04 Å². The molecule has 3 aromatic rings. The topological polar surface area (TPSA) is 76.9 Å². The lowest BCUT2D eigenvalue weighted by Crippen LogP contribution is -2.35. The molecular weight excluding hydrogens is 328 g/mol. The molecule has 1 aromatic heterocycles. The molecule has 0 spiro atoms. The second-order valence-electron chi connectivity index (χ2n) is 6.55. The third-order valence-electron chi connectivity index (χ3n) is 4.42. The Balaban J connectivity index is 1.87. The summed E-state index contributed by atoms with van der Waals surface area (Å²) >= 11 is 0. The van der Waals surface area contributed by atoms with Crippen LogP contribution in [0.1, 0.15) is 44.7 Å². The maximum atomic E-state index is 12.7. The van der Waals surface area contributed by atoms with Crippen LogP contribution in [-0.2, 0) is 4.79 Å². The molecule has 6 nitrogen and oxygen atoms in total. The van der Waals surface area contributed by atoms with Crippen LogP contribution in [0.3, 0.4) is 0 Å². The molecule has 0 bridgehead atoms. The second kappa shape index (κ2) is 7.47. The standard InChI is InChI=1S/C20H22N4O2/c1-4-18(19(25)21-15-11-9-14(10-12-15)13(2)3)24-20(26)16-7-5-6-8-17(16)22-23-24/h5-13,18H,4H2,1-3H3,(H,21,25)/t18-/m1/s1. The van der Waals surface area contributed by atoms with Gasteiger partial charge in [0.1, 0.15) is 11.6 Å². The van der Waals surface area contributed by atoms with Crippen LogP contribution in [0.15, 0.2) is 53.3 Å². The second-order valence-corrected chi connectivity index (χ2v) is 6.55. The van der Waals surface area contributed by atoms with Crippen LogP contribution in [0.25, 0.3) is 10.9 Å². The van der Waals surface area contributed by atoms with Crippen molar-refractivity contribution in [2.24, 2.45) is 0 Å². The maximum absolute atomic E-state index is 12.7. The predicted molar refractivity (Wildman–Crippen MR) is 102 cm³/mol. The SMILES string of the molecule is CC[C@H](C(=O)Nc1ccc(C(C)C)cc1)n1nnc2ccccc2c1=O. The van der Waals surface area contributed by atoms with Gasteiger partial charge >= 0.3 is 0 Å². The molecule has 1 atom stereocenters. The number of carbonyl (C=O) groups excluding carboxylic acids is 1. The van der Waals surface area contributed by atoms with Crippen LogP contribution in [0, 0.1) is 0 Å². The molecule has 3 rings (SSSR count). The molecule has 1 amide bonds. The Labute approximate surface area is 151 Å². The van der Waals surface area contributed by atoms with Crippen LogP contribution >= 0.6 is 0 Å². The molecule has 134 valence electrons. The number of carbonyl (C=O) groups is 1. The first-order valence-corrected chi connectivity index (χ1v) is 8.76. The average Bonchev–Trinajstić information content (AvgIpc) is 2.65. The quantitative estimate of drug-likeness (QED) is 0.764. The molecule has 1 N–H and O–H groups in total. The Bertz CT molecular complexity index is 977. The number of nitrogens with zero attached hydrogens (tertiary/aromatic N) is 3. The number of anilines is 1. The van der Waals surface area contributed by atoms with Gasteiger partial charge in [0.15, 0.2) is 0 Å². The Hall–Kier alpha value is -3.02. The predicted octanol–water partition coefficient (Wildman–Crippen LogP) is 3.50. The average molecular weight is 350 g/mol. The molecule has 0 aliphatic heterocycles. The number of amides is 1. The summed E-state index contributed by atoms with van der Waals surface area (Å²) in [6, 6.07) is 14.0. The highest BCUT2D eigenvalue weighted by Gasteiger charge is 2.22. The zero-order chi connectivity index (χ0) is 18.7. The van der Waals surface area contributed by atoms with Gasteiger partial charge in [0.25, 0.3) is 5.56 Å². The molecule has 6 heteroatoms. The van der Waals surface area contributed by atoms with Gasteiger partial charge in [-0.2, -0.15) is 4.68 Å². The molecule has 26 heavy (non-hydrogen) atoms. The molecule has 0 radical (unpaired) electrons. The van der Waals surface area contributed by atoms with E-state index in [1.165, 1.54) is 10.2 Å². The highest BCUT2D eigenvalue weighted by molar-refractivity contribution is 5.93. The molecule has 2 aromatic carbocycles. The fraction of sp³-hybridized carbons (Fsp3) is 0.300. The highest BCUT2D eigenvalue weighted by atomic mass is 16.2. The van der Waals surface area contributed by atoms with Gasteiger partial charge in [0.2, 0.25) is 5.91 Å². The summed E-state index contributed by atoms with van der Waals surface area (Å²) in [6.07, 6.45) is 0.433. The van der Waals surface area contributed by atoms with E-state index in [-0.39, 0.29) is 11.5 Å². The van der Waals surface area contributed by atoms with Crippen molar-refractivity contribution < 1.29 is 4.79 Å². The van der Waals surface area contributed by atoms with Crippen molar-refractivity contribution in [2.45, 2.75) is 39.2 Å². The van der Waals surface area contributed by atoms with E-state index in [4.69, 9.17) is 0 Å². The third-order valence-corrected chi connectivity index (χ3v) is 4.42. The summed E-state index contributed by atoms with van der Waals surface area (Å²) in [5.41, 5.74) is 2.10. The number of benzene rings is 2. The summed E-state index contributed by atoms with van der Waals surface area (Å²) in [7, 11) is 0. The highest BCUT2D eigenvalue weighted by Crippen LogP contribution is 2.19. The van der Waals surface area contributed by atoms with Gasteiger partial charge in [0.05, 0.1) is 5.39 Å². The largest absolute Gasteiger partial charge is 0.324 e. The van der Waals surface area contributed by atoms with Gasteiger partial charge in [-0.05, 0) is 42.2 Å². The molecule has 0 unspecified atom stereocenters. The minimum absolute atomic E-state index is 0.281. The fourth-order valence-corrected chi connectivity index (χ4v) is 2.85. The number of nitrogens with one attached hydrogen (secondary N) is 1. The first-order chi connectivity index (χ1) is 12.5. The summed E-state index contributed by atoms with van der Waals surface area (Å²) in [4.78, 5) is 25.4. The fourth-order valence-electron chi connectivity index (χ4n) is 2.85. The molecular formula is C20H22N4O2. The van der Waals surface area contributed by atoms with Gasteiger partial charge in [0, 0.05) is 5.69 Å². The van der Waals surface area contributed by atoms with E-state index >= 15 is 0 Å². The normalized spacial score (nSPS) is 12.3. The van der Waals surface area contributed by atoms with E-state index in [2.05, 4.69) is 29.5 Å². The van der Waals surface area contributed by atoms with E-state index in [1.807, 2.05) is 31.2 Å². The van der Waals surface area contributed by atoms with Crippen molar-refractivity contribution in [3.8, 4) is 0 Å². The van der Waals surface area contributed by atoms with Crippen LogP contribution in [0.5, 0.6) is 0 Å². The number of aromatic nitrogens is 3. The van der Waals surface area contributed by atoms with Crippen molar-refractivity contribution in [3.05, 3.63) is 64.4 Å². The Morgan fingerprint density at radius 3 is 2.46 bits per heavy atom. The number of fused-ring (bicyclic) bond motifs is 1. The van der Waals surface area contributed by atoms with Crippen molar-refractivity contribution in [3.63, 3.8) is 0 Å². The van der Waals surface area contributed by atoms with Crippen molar-refractivity contribution in [1.29, 1.82) is 0 Å². The first-order valence-electron chi connectivity index (χ1n) is 8.76. The Morgan fingerprint density at radius 1 is 1.12 bits per heavy atom. The van der Waals surface area contributed by atoms with Gasteiger partial charge in [-0.3, -0.25) is 9.59 Å². The van der Waals surface area contributed by atoms with Crippen LogP contribution in [0.2, 0.25) is 0 Å². The molecule has 0 fully saturated rings. The summed E-state index contributed by atoms with van der Waals surface area (Å²) in [5.74, 6) is 0.145. The Kier molecular flexibility index (Phi) is 5.11. The van der Waals surface area contributed by atoms with Crippen LogP contribution in [0.4, 0.5) is 5.69 Å². The molecule has 0 aliphatic carbocycles. The monoisotopic (exact) mass is 350 g/mol. The van der Waals surface area contributed by atoms with Gasteiger partial charge in [-0.15, -0.1) is 5.10 Å². The third kappa shape index (κ3) is 3.49. The smallest absolute Gasteiger partial charge is 0.278 e. The van der Waals surface area contributed by atoms with Crippen LogP contribution in [-0.4, -0.2) is 20.9 Å². The van der Waals surface area contributed by atoms with Gasteiger partial charge in [-0.25, -0.2) is 0 Å². The minimum atomic E-state index is -0.718. The summed E-state index contributed by atoms with van der Waals surface area (Å²) < 4.78 is 1.17. The van der Waals surface area contributed by atoms with Crippen molar-refractivity contribution >= 4 is 22.5 Å². The summed E-state index contributed by atoms with van der Waals surface area (Å²) in [5, 5.41) is 11.4. The van der Waals surface area contributed by atoms with Gasteiger partial charge < -0.3 is 5.32 Å². The lowest BCUT2D eigenvalue weighted by Gasteiger charge is -2.16. The molecule has 0 saturated heterocycles. The summed E-state index contributed by atoms with van der Waals surface area (Å²) in [6.45, 7) is 6.08. The number of hydrogen-bond donors (Lipinski definition) is 1. The zero-order valence-electron chi connectivity index (χ0n) is 15.1. The number of rotatable bonds is 5. The van der Waals surface area contributed by atoms with Crippen molar-refractivity contribution in [2.75, 3.05) is 5.32 Å². The van der Waals surface area contributed by atoms with E-state index in [0.29, 0.717) is 28.9 Å². The Morgan fingerprint density at radius 2 is 1.81 bits per heavy atom. The lowest BCUT2D eigenvalue weighted by atomic mass is 10.0. The van der Waals surface area contributed by atoms with E-state index in [9.17, 15) is 9.59 Å². The number of hydrogen-bond acceptors (Lipinski definition) is 4. The van der Waals surface area contributed by atoms with E-state index in [0.717, 1.165) is 0 Å². The zero-order valence-corrected chi connectivity index (χ0v) is 15.1. The molecule has 0 saturated carbocycles.